The standard InChI is InChI=1S/C19H24BrN3O/c1-12-5-7-18(8-6-12)10-13-3-4-14(20)9-15(13)19(18)11-16(24)23(2)17(21)22-19/h3-4,9,12H,5-8,10-11H2,1-2H3,(H2,21,22). The van der Waals surface area contributed by atoms with Gasteiger partial charge in [0.25, 0.3) is 0 Å². The van der Waals surface area contributed by atoms with Crippen molar-refractivity contribution in [3.05, 3.63) is 33.8 Å². The summed E-state index contributed by atoms with van der Waals surface area (Å²) in [5.74, 6) is 1.19. The third-order valence-corrected chi connectivity index (χ3v) is 7.08. The summed E-state index contributed by atoms with van der Waals surface area (Å²) in [4.78, 5) is 19.2. The number of halogens is 1. The van der Waals surface area contributed by atoms with Gasteiger partial charge in [0.05, 0.1) is 6.42 Å². The molecule has 128 valence electrons. The Balaban J connectivity index is 1.92. The molecule has 4 nitrogen and oxygen atoms in total. The number of aliphatic imine (C=N–C) groups is 1. The molecule has 1 saturated carbocycles. The molecule has 2 spiro atoms. The van der Waals surface area contributed by atoms with E-state index in [1.54, 1.807) is 7.05 Å². The predicted octanol–water partition coefficient (Wildman–Crippen LogP) is 3.57. The van der Waals surface area contributed by atoms with Crippen molar-refractivity contribution in [2.75, 3.05) is 7.05 Å². The SMILES string of the molecule is CC1CCC2(CC1)Cc1ccc(Br)cc1C21CC(=O)N(C)C(N)=N1. The third-order valence-electron chi connectivity index (χ3n) is 6.59. The van der Waals surface area contributed by atoms with E-state index in [4.69, 9.17) is 10.7 Å². The van der Waals surface area contributed by atoms with Crippen molar-refractivity contribution in [3.8, 4) is 0 Å². The van der Waals surface area contributed by atoms with Gasteiger partial charge in [-0.3, -0.25) is 9.69 Å². The molecule has 2 N–H and O–H groups in total. The molecule has 1 fully saturated rings. The van der Waals surface area contributed by atoms with Gasteiger partial charge in [-0.15, -0.1) is 0 Å². The number of fused-ring (bicyclic) bond motifs is 3. The molecular formula is C19H24BrN3O. The van der Waals surface area contributed by atoms with Crippen LogP contribution in [0.1, 0.15) is 50.2 Å². The number of hydrogen-bond donors (Lipinski definition) is 1. The van der Waals surface area contributed by atoms with Gasteiger partial charge in [0.1, 0.15) is 5.54 Å². The minimum atomic E-state index is -0.486. The molecule has 1 amide bonds. The molecule has 3 aliphatic rings. The van der Waals surface area contributed by atoms with Gasteiger partial charge in [0.2, 0.25) is 5.91 Å². The minimum absolute atomic E-state index is 0.0319. The molecule has 0 aromatic heterocycles. The minimum Gasteiger partial charge on any atom is -0.369 e. The number of nitrogens with two attached hydrogens (primary N) is 1. The topological polar surface area (TPSA) is 58.7 Å². The summed E-state index contributed by atoms with van der Waals surface area (Å²) in [6.07, 6.45) is 6.09. The second-order valence-corrected chi connectivity index (χ2v) is 8.82. The van der Waals surface area contributed by atoms with Gasteiger partial charge in [-0.05, 0) is 48.4 Å². The van der Waals surface area contributed by atoms with Crippen molar-refractivity contribution < 1.29 is 4.79 Å². The van der Waals surface area contributed by atoms with E-state index in [2.05, 4.69) is 41.1 Å². The first-order valence-electron chi connectivity index (χ1n) is 8.78. The summed E-state index contributed by atoms with van der Waals surface area (Å²) >= 11 is 3.60. The highest BCUT2D eigenvalue weighted by Gasteiger charge is 2.60. The van der Waals surface area contributed by atoms with E-state index in [1.807, 2.05) is 0 Å². The first-order valence-corrected chi connectivity index (χ1v) is 9.57. The summed E-state index contributed by atoms with van der Waals surface area (Å²) in [7, 11) is 1.72. The molecule has 5 heteroatoms. The number of hydrogen-bond acceptors (Lipinski definition) is 3. The van der Waals surface area contributed by atoms with Crippen LogP contribution in [0, 0.1) is 11.3 Å². The normalized spacial score (nSPS) is 35.5. The van der Waals surface area contributed by atoms with Crippen molar-refractivity contribution in [2.24, 2.45) is 22.1 Å². The Morgan fingerprint density at radius 1 is 1.29 bits per heavy atom. The lowest BCUT2D eigenvalue weighted by molar-refractivity contribution is -0.131. The predicted molar refractivity (Wildman–Crippen MR) is 98.6 cm³/mol. The van der Waals surface area contributed by atoms with Gasteiger partial charge in [-0.1, -0.05) is 41.8 Å². The van der Waals surface area contributed by atoms with E-state index in [0.717, 1.165) is 29.7 Å². The highest BCUT2D eigenvalue weighted by molar-refractivity contribution is 9.10. The Labute approximate surface area is 151 Å². The number of nitrogens with zero attached hydrogens (tertiary/aromatic N) is 2. The number of carbonyl (C=O) groups is 1. The fraction of sp³-hybridized carbons (Fsp3) is 0.579. The molecule has 0 bridgehead atoms. The summed E-state index contributed by atoms with van der Waals surface area (Å²) in [6.45, 7) is 2.33. The lowest BCUT2D eigenvalue weighted by atomic mass is 9.59. The van der Waals surface area contributed by atoms with Crippen LogP contribution in [0.4, 0.5) is 0 Å². The largest absolute Gasteiger partial charge is 0.369 e. The van der Waals surface area contributed by atoms with Crippen LogP contribution in [0.5, 0.6) is 0 Å². The molecule has 0 saturated heterocycles. The monoisotopic (exact) mass is 389 g/mol. The first kappa shape index (κ1) is 16.1. The van der Waals surface area contributed by atoms with Crippen molar-refractivity contribution in [2.45, 2.75) is 51.0 Å². The lowest BCUT2D eigenvalue weighted by Gasteiger charge is -2.49. The lowest BCUT2D eigenvalue weighted by Crippen LogP contribution is -2.54. The van der Waals surface area contributed by atoms with Crippen LogP contribution in [-0.2, 0) is 16.8 Å². The molecule has 1 atom stereocenters. The molecule has 0 radical (unpaired) electrons. The van der Waals surface area contributed by atoms with E-state index >= 15 is 0 Å². The van der Waals surface area contributed by atoms with E-state index in [1.165, 1.54) is 28.9 Å². The maximum atomic E-state index is 12.7. The van der Waals surface area contributed by atoms with Gasteiger partial charge in [0.15, 0.2) is 5.96 Å². The van der Waals surface area contributed by atoms with Crippen LogP contribution >= 0.6 is 15.9 Å². The summed E-state index contributed by atoms with van der Waals surface area (Å²) in [5.41, 5.74) is 8.26. The van der Waals surface area contributed by atoms with Gasteiger partial charge < -0.3 is 5.73 Å². The Bertz CT molecular complexity index is 736. The molecule has 4 rings (SSSR count). The molecule has 1 aromatic rings. The van der Waals surface area contributed by atoms with Crippen molar-refractivity contribution in [3.63, 3.8) is 0 Å². The fourth-order valence-corrected chi connectivity index (χ4v) is 5.39. The quantitative estimate of drug-likeness (QED) is 0.736. The summed E-state index contributed by atoms with van der Waals surface area (Å²) < 4.78 is 1.04. The molecule has 1 aromatic carbocycles. The highest BCUT2D eigenvalue weighted by atomic mass is 79.9. The molecule has 1 unspecified atom stereocenters. The number of guanidine groups is 1. The zero-order valence-electron chi connectivity index (χ0n) is 14.3. The maximum Gasteiger partial charge on any atom is 0.231 e. The Kier molecular flexibility index (Phi) is 3.57. The number of benzene rings is 1. The van der Waals surface area contributed by atoms with Crippen LogP contribution in [0.3, 0.4) is 0 Å². The van der Waals surface area contributed by atoms with Gasteiger partial charge in [-0.25, -0.2) is 4.99 Å². The fourth-order valence-electron chi connectivity index (χ4n) is 5.03. The molecule has 2 aliphatic carbocycles. The van der Waals surface area contributed by atoms with Crippen molar-refractivity contribution in [1.29, 1.82) is 0 Å². The number of amides is 1. The first-order chi connectivity index (χ1) is 11.4. The molecule has 1 heterocycles. The Morgan fingerprint density at radius 2 is 2.00 bits per heavy atom. The summed E-state index contributed by atoms with van der Waals surface area (Å²) in [5, 5.41) is 0. The average Bonchev–Trinajstić information content (AvgIpc) is 2.78. The molecular weight excluding hydrogens is 366 g/mol. The third kappa shape index (κ3) is 2.10. The van der Waals surface area contributed by atoms with E-state index in [9.17, 15) is 4.79 Å². The average molecular weight is 390 g/mol. The number of carbonyl (C=O) groups excluding carboxylic acids is 1. The molecule has 1 aliphatic heterocycles. The van der Waals surface area contributed by atoms with Crippen LogP contribution in [-0.4, -0.2) is 23.8 Å². The smallest absolute Gasteiger partial charge is 0.231 e. The maximum absolute atomic E-state index is 12.7. The van der Waals surface area contributed by atoms with Crippen LogP contribution in [0.15, 0.2) is 27.7 Å². The Morgan fingerprint density at radius 3 is 2.67 bits per heavy atom. The van der Waals surface area contributed by atoms with E-state index in [0.29, 0.717) is 12.4 Å². The van der Waals surface area contributed by atoms with Crippen molar-refractivity contribution >= 4 is 27.8 Å². The van der Waals surface area contributed by atoms with Gasteiger partial charge in [0, 0.05) is 16.9 Å². The second kappa shape index (κ2) is 5.32. The zero-order valence-corrected chi connectivity index (χ0v) is 15.9. The van der Waals surface area contributed by atoms with Crippen LogP contribution in [0.25, 0.3) is 0 Å². The number of rotatable bonds is 0. The van der Waals surface area contributed by atoms with Gasteiger partial charge in [-0.2, -0.15) is 0 Å². The van der Waals surface area contributed by atoms with Gasteiger partial charge >= 0.3 is 0 Å². The zero-order chi connectivity index (χ0) is 17.1. The molecule has 24 heavy (non-hydrogen) atoms. The Hall–Kier alpha value is -1.36. The summed E-state index contributed by atoms with van der Waals surface area (Å²) in [6, 6.07) is 6.46. The highest BCUT2D eigenvalue weighted by Crippen LogP contribution is 2.62. The van der Waals surface area contributed by atoms with Crippen molar-refractivity contribution in [1.82, 2.24) is 4.90 Å². The van der Waals surface area contributed by atoms with E-state index in [-0.39, 0.29) is 11.3 Å². The van der Waals surface area contributed by atoms with Crippen LogP contribution in [0.2, 0.25) is 0 Å². The second-order valence-electron chi connectivity index (χ2n) is 7.90. The van der Waals surface area contributed by atoms with E-state index < -0.39 is 5.54 Å². The van der Waals surface area contributed by atoms with Crippen LogP contribution < -0.4 is 5.73 Å².